The zero-order valence-electron chi connectivity index (χ0n) is 11.0. The minimum Gasteiger partial charge on any atom is -0.347 e. The van der Waals surface area contributed by atoms with Crippen LogP contribution in [0.2, 0.25) is 0 Å². The highest BCUT2D eigenvalue weighted by atomic mass is 32.1. The van der Waals surface area contributed by atoms with E-state index in [4.69, 9.17) is 12.2 Å². The highest BCUT2D eigenvalue weighted by Crippen LogP contribution is 2.33. The molecular weight excluding hydrogens is 228 g/mol. The van der Waals surface area contributed by atoms with Gasteiger partial charge in [-0.25, -0.2) is 4.98 Å². The molecule has 1 aliphatic carbocycles. The predicted octanol–water partition coefficient (Wildman–Crippen LogP) is 4.39. The maximum Gasteiger partial charge on any atom is 0.129 e. The summed E-state index contributed by atoms with van der Waals surface area (Å²) in [5, 5.41) is 0. The quantitative estimate of drug-likeness (QED) is 0.789. The van der Waals surface area contributed by atoms with Gasteiger partial charge in [0.1, 0.15) is 10.5 Å². The zero-order valence-corrected chi connectivity index (χ0v) is 11.9. The maximum atomic E-state index is 5.28. The molecule has 0 amide bonds. The Kier molecular flexibility index (Phi) is 3.67. The van der Waals surface area contributed by atoms with Gasteiger partial charge in [0.05, 0.1) is 0 Å². The third kappa shape index (κ3) is 3.63. The lowest BCUT2D eigenvalue weighted by molar-refractivity contribution is 0.399. The molecule has 0 radical (unpaired) electrons. The molecule has 0 saturated heterocycles. The highest BCUT2D eigenvalue weighted by Gasteiger charge is 2.19. The van der Waals surface area contributed by atoms with Crippen LogP contribution in [0, 0.1) is 10.1 Å². The molecule has 0 unspecified atom stereocenters. The van der Waals surface area contributed by atoms with Crippen molar-refractivity contribution in [3.63, 3.8) is 0 Å². The van der Waals surface area contributed by atoms with Crippen LogP contribution < -0.4 is 0 Å². The van der Waals surface area contributed by atoms with Gasteiger partial charge >= 0.3 is 0 Å². The average Bonchev–Trinajstić information content (AvgIpc) is 2.65. The molecule has 1 heterocycles. The van der Waals surface area contributed by atoms with Gasteiger partial charge in [0.2, 0.25) is 0 Å². The molecule has 17 heavy (non-hydrogen) atoms. The van der Waals surface area contributed by atoms with Crippen LogP contribution in [0.3, 0.4) is 0 Å². The molecule has 0 spiro atoms. The number of nitrogens with zero attached hydrogens (tertiary/aromatic N) is 1. The van der Waals surface area contributed by atoms with Crippen LogP contribution in [-0.4, -0.2) is 9.97 Å². The van der Waals surface area contributed by atoms with Crippen LogP contribution in [0.25, 0.3) is 0 Å². The van der Waals surface area contributed by atoms with Gasteiger partial charge in [-0.05, 0) is 30.2 Å². The van der Waals surface area contributed by atoms with Crippen molar-refractivity contribution in [1.29, 1.82) is 0 Å². The Morgan fingerprint density at radius 3 is 2.59 bits per heavy atom. The molecule has 0 aliphatic heterocycles. The summed E-state index contributed by atoms with van der Waals surface area (Å²) < 4.78 is 0.741. The molecule has 0 aromatic carbocycles. The van der Waals surface area contributed by atoms with E-state index >= 15 is 0 Å². The van der Waals surface area contributed by atoms with Gasteiger partial charge in [0.15, 0.2) is 0 Å². The van der Waals surface area contributed by atoms with Gasteiger partial charge in [-0.1, -0.05) is 45.8 Å². The summed E-state index contributed by atoms with van der Waals surface area (Å²) in [6, 6.07) is 2.05. The SMILES string of the molecule is CC(C)(C)Cc1nc(=S)cc(C2CCCC2)[nH]1. The van der Waals surface area contributed by atoms with E-state index < -0.39 is 0 Å². The second-order valence-corrected chi connectivity index (χ2v) is 6.76. The Morgan fingerprint density at radius 1 is 1.35 bits per heavy atom. The van der Waals surface area contributed by atoms with Crippen LogP contribution >= 0.6 is 12.2 Å². The van der Waals surface area contributed by atoms with Gasteiger partial charge in [-0.3, -0.25) is 0 Å². The number of hydrogen-bond donors (Lipinski definition) is 1. The van der Waals surface area contributed by atoms with Crippen LogP contribution in [-0.2, 0) is 6.42 Å². The summed E-state index contributed by atoms with van der Waals surface area (Å²) in [5.41, 5.74) is 1.56. The Bertz CT molecular complexity index is 436. The van der Waals surface area contributed by atoms with Gasteiger partial charge < -0.3 is 4.98 Å². The first-order chi connectivity index (χ1) is 7.94. The third-order valence-electron chi connectivity index (χ3n) is 3.31. The summed E-state index contributed by atoms with van der Waals surface area (Å²) in [6.07, 6.45) is 6.25. The van der Waals surface area contributed by atoms with Gasteiger partial charge in [-0.15, -0.1) is 0 Å². The van der Waals surface area contributed by atoms with Crippen LogP contribution in [0.1, 0.15) is 63.9 Å². The third-order valence-corrected chi connectivity index (χ3v) is 3.51. The topological polar surface area (TPSA) is 28.7 Å². The first kappa shape index (κ1) is 12.7. The zero-order chi connectivity index (χ0) is 12.5. The molecule has 1 aromatic rings. The van der Waals surface area contributed by atoms with E-state index in [0.29, 0.717) is 5.92 Å². The number of H-pyrrole nitrogens is 1. The minimum atomic E-state index is 0.250. The molecule has 0 atom stereocenters. The van der Waals surface area contributed by atoms with E-state index in [9.17, 15) is 0 Å². The Morgan fingerprint density at radius 2 is 2.00 bits per heavy atom. The van der Waals surface area contributed by atoms with Crippen molar-refractivity contribution in [2.75, 3.05) is 0 Å². The largest absolute Gasteiger partial charge is 0.347 e. The summed E-state index contributed by atoms with van der Waals surface area (Å²) in [4.78, 5) is 7.96. The number of nitrogens with one attached hydrogen (secondary N) is 1. The number of aromatic nitrogens is 2. The summed E-state index contributed by atoms with van der Waals surface area (Å²) in [7, 11) is 0. The molecule has 3 heteroatoms. The Balaban J connectivity index is 2.26. The summed E-state index contributed by atoms with van der Waals surface area (Å²) in [5.74, 6) is 1.73. The average molecular weight is 250 g/mol. The maximum absolute atomic E-state index is 5.28. The standard InChI is InChI=1S/C14H22N2S/c1-14(2,3)9-12-15-11(8-13(17)16-12)10-6-4-5-7-10/h8,10H,4-7,9H2,1-3H3,(H,15,16,17). The van der Waals surface area contributed by atoms with Crippen molar-refractivity contribution in [2.24, 2.45) is 5.41 Å². The van der Waals surface area contributed by atoms with Crippen molar-refractivity contribution >= 4 is 12.2 Å². The normalized spacial score (nSPS) is 17.6. The Labute approximate surface area is 109 Å². The monoisotopic (exact) mass is 250 g/mol. The van der Waals surface area contributed by atoms with E-state index in [-0.39, 0.29) is 5.41 Å². The Hall–Kier alpha value is -0.700. The number of rotatable bonds is 2. The first-order valence-corrected chi connectivity index (χ1v) is 6.95. The van der Waals surface area contributed by atoms with E-state index in [1.807, 2.05) is 0 Å². The molecule has 1 fully saturated rings. The number of aromatic amines is 1. The van der Waals surface area contributed by atoms with Crippen LogP contribution in [0.4, 0.5) is 0 Å². The van der Waals surface area contributed by atoms with E-state index in [0.717, 1.165) is 16.9 Å². The summed E-state index contributed by atoms with van der Waals surface area (Å²) in [6.45, 7) is 6.69. The number of hydrogen-bond acceptors (Lipinski definition) is 2. The smallest absolute Gasteiger partial charge is 0.129 e. The van der Waals surface area contributed by atoms with Crippen LogP contribution in [0.5, 0.6) is 0 Å². The lowest BCUT2D eigenvalue weighted by atomic mass is 9.92. The lowest BCUT2D eigenvalue weighted by Gasteiger charge is -2.18. The van der Waals surface area contributed by atoms with E-state index in [1.54, 1.807) is 0 Å². The van der Waals surface area contributed by atoms with Gasteiger partial charge in [0.25, 0.3) is 0 Å². The van der Waals surface area contributed by atoms with Crippen LogP contribution in [0.15, 0.2) is 6.07 Å². The second kappa shape index (κ2) is 4.89. The highest BCUT2D eigenvalue weighted by molar-refractivity contribution is 7.71. The second-order valence-electron chi connectivity index (χ2n) is 6.34. The predicted molar refractivity (Wildman–Crippen MR) is 73.8 cm³/mol. The van der Waals surface area contributed by atoms with E-state index in [2.05, 4.69) is 36.8 Å². The molecule has 1 aromatic heterocycles. The molecule has 1 N–H and O–H groups in total. The van der Waals surface area contributed by atoms with E-state index in [1.165, 1.54) is 31.4 Å². The van der Waals surface area contributed by atoms with Gasteiger partial charge in [0, 0.05) is 12.1 Å². The molecule has 1 saturated carbocycles. The molecular formula is C14H22N2S. The van der Waals surface area contributed by atoms with Crippen molar-refractivity contribution < 1.29 is 0 Å². The molecule has 1 aliphatic rings. The van der Waals surface area contributed by atoms with Crippen molar-refractivity contribution in [1.82, 2.24) is 9.97 Å². The molecule has 94 valence electrons. The first-order valence-electron chi connectivity index (χ1n) is 6.54. The fourth-order valence-corrected chi connectivity index (χ4v) is 2.81. The summed E-state index contributed by atoms with van der Waals surface area (Å²) >= 11 is 5.28. The molecule has 0 bridgehead atoms. The van der Waals surface area contributed by atoms with Crippen molar-refractivity contribution in [3.8, 4) is 0 Å². The fourth-order valence-electron chi connectivity index (χ4n) is 2.57. The minimum absolute atomic E-state index is 0.250. The molecule has 2 nitrogen and oxygen atoms in total. The van der Waals surface area contributed by atoms with Crippen molar-refractivity contribution in [3.05, 3.63) is 22.2 Å². The molecule has 2 rings (SSSR count). The van der Waals surface area contributed by atoms with Gasteiger partial charge in [-0.2, -0.15) is 0 Å². The van der Waals surface area contributed by atoms with Crippen molar-refractivity contribution in [2.45, 2.75) is 58.8 Å². The fraction of sp³-hybridized carbons (Fsp3) is 0.714. The lowest BCUT2D eigenvalue weighted by Crippen LogP contribution is -2.13.